The number of carbonyl (C=O) groups excluding carboxylic acids is 1. The Labute approximate surface area is 130 Å². The summed E-state index contributed by atoms with van der Waals surface area (Å²) in [5.41, 5.74) is -0.484. The molecule has 2 rings (SSSR count). The number of rotatable bonds is 2. The molecule has 1 aromatic heterocycles. The number of carbonyl (C=O) groups is 1. The zero-order valence-corrected chi connectivity index (χ0v) is 13.4. The van der Waals surface area contributed by atoms with E-state index in [1.807, 2.05) is 20.8 Å². The second-order valence-electron chi connectivity index (χ2n) is 6.12. The van der Waals surface area contributed by atoms with Crippen molar-refractivity contribution in [2.45, 2.75) is 45.3 Å². The van der Waals surface area contributed by atoms with Crippen molar-refractivity contribution < 1.29 is 14.3 Å². The first-order valence-electron chi connectivity index (χ1n) is 7.09. The first-order valence-corrected chi connectivity index (χ1v) is 7.47. The first kappa shape index (κ1) is 15.9. The number of nitrogens with zero attached hydrogens (tertiary/aromatic N) is 2. The minimum absolute atomic E-state index is 0.0695. The van der Waals surface area contributed by atoms with Crippen LogP contribution in [0.2, 0.25) is 5.02 Å². The van der Waals surface area contributed by atoms with Crippen LogP contribution in [0.5, 0.6) is 5.88 Å². The quantitative estimate of drug-likeness (QED) is 0.838. The van der Waals surface area contributed by atoms with E-state index in [0.717, 1.165) is 12.8 Å². The fourth-order valence-electron chi connectivity index (χ4n) is 2.13. The summed E-state index contributed by atoms with van der Waals surface area (Å²) in [6.07, 6.45) is 2.96. The fraction of sp³-hybridized carbons (Fsp3) is 0.600. The van der Waals surface area contributed by atoms with Crippen molar-refractivity contribution in [3.63, 3.8) is 0 Å². The van der Waals surface area contributed by atoms with Gasteiger partial charge in [0.05, 0.1) is 11.6 Å². The zero-order valence-electron chi connectivity index (χ0n) is 12.6. The van der Waals surface area contributed by atoms with Gasteiger partial charge < -0.3 is 14.4 Å². The van der Waals surface area contributed by atoms with E-state index >= 15 is 0 Å². The predicted octanol–water partition coefficient (Wildman–Crippen LogP) is 3.51. The highest BCUT2D eigenvalue weighted by molar-refractivity contribution is 6.30. The molecule has 1 saturated heterocycles. The minimum Gasteiger partial charge on any atom is -0.472 e. The number of amides is 1. The van der Waals surface area contributed by atoms with Crippen molar-refractivity contribution in [1.82, 2.24) is 9.88 Å². The van der Waals surface area contributed by atoms with Gasteiger partial charge in [0.15, 0.2) is 0 Å². The van der Waals surface area contributed by atoms with Gasteiger partial charge in [0.25, 0.3) is 0 Å². The summed E-state index contributed by atoms with van der Waals surface area (Å²) in [7, 11) is 0. The molecule has 1 fully saturated rings. The Bertz CT molecular complexity index is 485. The molecule has 21 heavy (non-hydrogen) atoms. The summed E-state index contributed by atoms with van der Waals surface area (Å²) >= 11 is 5.79. The van der Waals surface area contributed by atoms with Crippen LogP contribution in [-0.2, 0) is 4.74 Å². The van der Waals surface area contributed by atoms with E-state index in [1.54, 1.807) is 23.2 Å². The maximum atomic E-state index is 12.1. The average molecular weight is 313 g/mol. The van der Waals surface area contributed by atoms with E-state index in [2.05, 4.69) is 4.98 Å². The molecular formula is C15H21ClN2O3. The molecule has 5 nitrogen and oxygen atoms in total. The molecule has 1 aliphatic rings. The molecule has 1 aromatic rings. The molecule has 0 saturated carbocycles. The molecule has 0 bridgehead atoms. The summed E-state index contributed by atoms with van der Waals surface area (Å²) in [5, 5.41) is 0.571. The summed E-state index contributed by atoms with van der Waals surface area (Å²) in [6.45, 7) is 6.80. The largest absolute Gasteiger partial charge is 0.472 e. The number of ether oxygens (including phenoxy) is 2. The van der Waals surface area contributed by atoms with Crippen molar-refractivity contribution in [2.75, 3.05) is 13.1 Å². The van der Waals surface area contributed by atoms with Crippen LogP contribution in [-0.4, -0.2) is 40.8 Å². The van der Waals surface area contributed by atoms with E-state index in [9.17, 15) is 4.79 Å². The third-order valence-corrected chi connectivity index (χ3v) is 3.24. The Kier molecular flexibility index (Phi) is 4.93. The summed E-state index contributed by atoms with van der Waals surface area (Å²) in [4.78, 5) is 17.9. The molecular weight excluding hydrogens is 292 g/mol. The van der Waals surface area contributed by atoms with Crippen LogP contribution in [0.25, 0.3) is 0 Å². The molecule has 0 aliphatic carbocycles. The Morgan fingerprint density at radius 1 is 1.43 bits per heavy atom. The molecule has 0 aromatic carbocycles. The van der Waals surface area contributed by atoms with Crippen molar-refractivity contribution in [1.29, 1.82) is 0 Å². The van der Waals surface area contributed by atoms with E-state index in [0.29, 0.717) is 24.0 Å². The van der Waals surface area contributed by atoms with Crippen LogP contribution in [0.15, 0.2) is 18.3 Å². The highest BCUT2D eigenvalue weighted by Crippen LogP contribution is 2.20. The SMILES string of the molecule is CC(C)(C)OC(=O)N1CCCC(Oc2ccc(Cl)cn2)C1. The lowest BCUT2D eigenvalue weighted by atomic mass is 10.1. The lowest BCUT2D eigenvalue weighted by molar-refractivity contribution is 0.00722. The number of hydrogen-bond acceptors (Lipinski definition) is 4. The van der Waals surface area contributed by atoms with Gasteiger partial charge >= 0.3 is 6.09 Å². The van der Waals surface area contributed by atoms with Gasteiger partial charge in [0, 0.05) is 18.8 Å². The minimum atomic E-state index is -0.484. The molecule has 1 unspecified atom stereocenters. The molecule has 1 amide bonds. The summed E-state index contributed by atoms with van der Waals surface area (Å²) in [5.74, 6) is 0.524. The average Bonchev–Trinajstić information content (AvgIpc) is 2.40. The molecule has 0 N–H and O–H groups in total. The Morgan fingerprint density at radius 3 is 2.81 bits per heavy atom. The molecule has 1 aliphatic heterocycles. The van der Waals surface area contributed by atoms with Crippen LogP contribution in [0.3, 0.4) is 0 Å². The van der Waals surface area contributed by atoms with Crippen LogP contribution in [0, 0.1) is 0 Å². The highest BCUT2D eigenvalue weighted by atomic mass is 35.5. The number of halogens is 1. The third kappa shape index (κ3) is 5.08. The van der Waals surface area contributed by atoms with Crippen molar-refractivity contribution in [2.24, 2.45) is 0 Å². The summed E-state index contributed by atoms with van der Waals surface area (Å²) < 4.78 is 11.2. The predicted molar refractivity (Wildman–Crippen MR) is 80.7 cm³/mol. The fourth-order valence-corrected chi connectivity index (χ4v) is 2.24. The van der Waals surface area contributed by atoms with Crippen LogP contribution in [0.4, 0.5) is 4.79 Å². The second kappa shape index (κ2) is 6.52. The van der Waals surface area contributed by atoms with Gasteiger partial charge in [0.2, 0.25) is 5.88 Å². The topological polar surface area (TPSA) is 51.7 Å². The third-order valence-electron chi connectivity index (χ3n) is 3.02. The van der Waals surface area contributed by atoms with Crippen LogP contribution in [0.1, 0.15) is 33.6 Å². The zero-order chi connectivity index (χ0) is 15.5. The number of aromatic nitrogens is 1. The van der Waals surface area contributed by atoms with E-state index in [-0.39, 0.29) is 12.2 Å². The maximum Gasteiger partial charge on any atom is 0.410 e. The number of pyridine rings is 1. The van der Waals surface area contributed by atoms with Gasteiger partial charge in [-0.25, -0.2) is 9.78 Å². The molecule has 1 atom stereocenters. The molecule has 6 heteroatoms. The molecule has 0 spiro atoms. The first-order chi connectivity index (χ1) is 9.83. The summed E-state index contributed by atoms with van der Waals surface area (Å²) in [6, 6.07) is 3.47. The number of likely N-dealkylation sites (tertiary alicyclic amines) is 1. The molecule has 2 heterocycles. The van der Waals surface area contributed by atoms with Gasteiger partial charge in [-0.3, -0.25) is 0 Å². The number of hydrogen-bond donors (Lipinski definition) is 0. The maximum absolute atomic E-state index is 12.1. The van der Waals surface area contributed by atoms with Gasteiger partial charge in [-0.15, -0.1) is 0 Å². The van der Waals surface area contributed by atoms with Crippen molar-refractivity contribution in [3.8, 4) is 5.88 Å². The smallest absolute Gasteiger partial charge is 0.410 e. The van der Waals surface area contributed by atoms with E-state index in [4.69, 9.17) is 21.1 Å². The molecule has 0 radical (unpaired) electrons. The van der Waals surface area contributed by atoms with E-state index < -0.39 is 5.60 Å². The standard InChI is InChI=1S/C15H21ClN2O3/c1-15(2,3)21-14(19)18-8-4-5-12(10-18)20-13-7-6-11(16)9-17-13/h6-7,9,12H,4-5,8,10H2,1-3H3. The van der Waals surface area contributed by atoms with Crippen LogP contribution < -0.4 is 4.74 Å². The molecule has 116 valence electrons. The van der Waals surface area contributed by atoms with E-state index in [1.165, 1.54) is 0 Å². The Hall–Kier alpha value is -1.49. The highest BCUT2D eigenvalue weighted by Gasteiger charge is 2.28. The van der Waals surface area contributed by atoms with Gasteiger partial charge in [-0.2, -0.15) is 0 Å². The van der Waals surface area contributed by atoms with Crippen molar-refractivity contribution >= 4 is 17.7 Å². The van der Waals surface area contributed by atoms with Gasteiger partial charge in [-0.1, -0.05) is 11.6 Å². The normalized spacial score (nSPS) is 19.2. The lowest BCUT2D eigenvalue weighted by Gasteiger charge is -2.33. The van der Waals surface area contributed by atoms with Crippen LogP contribution >= 0.6 is 11.6 Å². The number of piperidine rings is 1. The van der Waals surface area contributed by atoms with Gasteiger partial charge in [-0.05, 0) is 39.7 Å². The lowest BCUT2D eigenvalue weighted by Crippen LogP contribution is -2.46. The Morgan fingerprint density at radius 2 is 2.19 bits per heavy atom. The monoisotopic (exact) mass is 312 g/mol. The second-order valence-corrected chi connectivity index (χ2v) is 6.56. The Balaban J connectivity index is 1.91. The van der Waals surface area contributed by atoms with Gasteiger partial charge in [0.1, 0.15) is 11.7 Å². The van der Waals surface area contributed by atoms with Crippen molar-refractivity contribution in [3.05, 3.63) is 23.4 Å².